The van der Waals surface area contributed by atoms with Crippen molar-refractivity contribution < 1.29 is 156 Å². The molecule has 2 N–H and O–H groups in total. The summed E-state index contributed by atoms with van der Waals surface area (Å²) in [7, 11) is -5.42. The summed E-state index contributed by atoms with van der Waals surface area (Å²) in [4.78, 5) is 41.1. The zero-order chi connectivity index (χ0) is 51.0. The van der Waals surface area contributed by atoms with Crippen LogP contribution >= 0.6 is 32.0 Å². The van der Waals surface area contributed by atoms with Gasteiger partial charge in [0.1, 0.15) is 32.8 Å². The molecule has 33 heteroatoms. The van der Waals surface area contributed by atoms with E-state index < -0.39 is 71.5 Å². The Balaban J connectivity index is -0.000000136. The maximum Gasteiger partial charge on any atom is 1.00 e. The fourth-order valence-electron chi connectivity index (χ4n) is 3.28. The van der Waals surface area contributed by atoms with E-state index in [0.29, 0.717) is 17.4 Å². The van der Waals surface area contributed by atoms with E-state index in [1.54, 1.807) is 24.3 Å². The Labute approximate surface area is 461 Å². The monoisotopic (exact) mass is 1170 g/mol. The molecule has 0 aromatic heterocycles. The molecule has 0 heterocycles. The summed E-state index contributed by atoms with van der Waals surface area (Å²) in [6.45, 7) is 0. The summed E-state index contributed by atoms with van der Waals surface area (Å²) in [6.07, 6.45) is 6.45. The standard InChI is InChI=1S/C10H9ClO4S.C10H10O5S.C7H6O4S.C7H6O.2CH4.Cl2OS.2Na.H2O4S.O3S/c1-15-10(12)6-5-8-3-2-4-9(7-8)16(11,13)14;1-15-10(11)6-5-8-3-2-4-9(7-8)16(12,13)14;8-5-6-2-1-3-7(4-6)12(9,10)11;8-6-7-4-2-1-3-5-7;;;1-4(2)3;;;1-5(2,3)4;1-4(2)3/h2-7H,1H3;2-7H,1H3,(H,12,13,14);1-5H,(H,9,10,11);1-6H;2*1H4;;;;(H2,1,2,3,4);/q;;;;;;;2*+1;;/p-2/b2*6-5+;;;;;;;;;. The van der Waals surface area contributed by atoms with Gasteiger partial charge in [0.25, 0.3) is 9.05 Å². The Kier molecular flexibility index (Phi) is 49.4. The van der Waals surface area contributed by atoms with Gasteiger partial charge in [0.05, 0.1) is 28.9 Å². The minimum atomic E-state index is -4.67. The first kappa shape index (κ1) is 80.0. The molecule has 0 unspecified atom stereocenters. The fraction of sp³-hybridized carbons (Fsp3) is 0.111. The van der Waals surface area contributed by atoms with Gasteiger partial charge in [0.2, 0.25) is 9.23 Å². The van der Waals surface area contributed by atoms with E-state index in [1.165, 1.54) is 81.0 Å². The molecule has 0 atom stereocenters. The van der Waals surface area contributed by atoms with Crippen LogP contribution in [0, 0.1) is 0 Å². The topological polar surface area (TPSA) is 378 Å². The van der Waals surface area contributed by atoms with Gasteiger partial charge in [-0.3, -0.25) is 18.7 Å². The number of carbonyl (C=O) groups excluding carboxylic acids is 4. The van der Waals surface area contributed by atoms with Crippen LogP contribution < -0.4 is 59.1 Å². The minimum absolute atomic E-state index is 0. The number of rotatable bonds is 9. The van der Waals surface area contributed by atoms with Crippen molar-refractivity contribution in [3.63, 3.8) is 0 Å². The average Bonchev–Trinajstić information content (AvgIpc) is 3.21. The molecule has 374 valence electrons. The number of ether oxygens (including phenoxy) is 2. The van der Waals surface area contributed by atoms with Crippen molar-refractivity contribution in [2.24, 2.45) is 0 Å². The van der Waals surface area contributed by atoms with Crippen LogP contribution in [0.5, 0.6) is 0 Å². The molecule has 0 aliphatic rings. The number of halogens is 3. The smallest absolute Gasteiger partial charge is 0.744 e. The van der Waals surface area contributed by atoms with Crippen LogP contribution in [-0.2, 0) is 78.6 Å². The van der Waals surface area contributed by atoms with Gasteiger partial charge >= 0.3 is 92.1 Å². The number of methoxy groups -OCH3 is 2. The van der Waals surface area contributed by atoms with E-state index in [0.717, 1.165) is 30.1 Å². The Bertz CT molecular complexity index is 2720. The third-order valence-corrected chi connectivity index (χ3v) is 8.75. The molecular formula is C36H39Cl3Na2O22S6. The quantitative estimate of drug-likeness (QED) is 0.0514. The molecule has 22 nitrogen and oxygen atoms in total. The maximum atomic E-state index is 11.0. The molecule has 0 radical (unpaired) electrons. The number of benzene rings is 4. The van der Waals surface area contributed by atoms with Crippen LogP contribution in [-0.4, -0.2) is 107 Å². The summed E-state index contributed by atoms with van der Waals surface area (Å²) in [5.74, 6) is -1.07. The molecule has 0 fully saturated rings. The molecule has 69 heavy (non-hydrogen) atoms. The van der Waals surface area contributed by atoms with Crippen LogP contribution in [0.1, 0.15) is 46.7 Å². The molecule has 0 aliphatic carbocycles. The molecule has 4 aromatic rings. The fourth-order valence-corrected chi connectivity index (χ4v) is 5.14. The zero-order valence-corrected chi connectivity index (χ0v) is 45.6. The van der Waals surface area contributed by atoms with E-state index in [2.05, 4.69) is 30.8 Å². The SMILES string of the molecule is C.C.COC(=O)/C=C/c1cccc(S(=O)(=O)Cl)c1.COC(=O)/C=C/c1cccc(S(=O)(=O)[O-])c1.O=Cc1cccc(S(=O)(=O)[O-])c1.O=Cc1ccccc1.O=S(=O)(O)O.O=S(=O)=O.O=S(Cl)Cl.[Na+].[Na+]. The summed E-state index contributed by atoms with van der Waals surface area (Å²) < 4.78 is 160. The van der Waals surface area contributed by atoms with Gasteiger partial charge in [0.15, 0.2) is 0 Å². The molecule has 0 aliphatic heterocycles. The molecule has 4 rings (SSSR count). The molecule has 0 spiro atoms. The van der Waals surface area contributed by atoms with Crippen molar-refractivity contribution in [1.29, 1.82) is 0 Å². The molecule has 0 amide bonds. The van der Waals surface area contributed by atoms with E-state index in [4.69, 9.17) is 45.0 Å². The average molecular weight is 1170 g/mol. The normalized spacial score (nSPS) is 10.0. The number of hydrogen-bond acceptors (Lipinski definition) is 20. The van der Waals surface area contributed by atoms with Crippen molar-refractivity contribution in [1.82, 2.24) is 0 Å². The molecule has 0 saturated carbocycles. The Hall–Kier alpha value is -3.08. The van der Waals surface area contributed by atoms with Gasteiger partial charge in [-0.15, -0.1) is 12.6 Å². The minimum Gasteiger partial charge on any atom is -0.744 e. The Morgan fingerprint density at radius 3 is 1.07 bits per heavy atom. The van der Waals surface area contributed by atoms with Crippen molar-refractivity contribution in [2.75, 3.05) is 14.2 Å². The first-order valence-electron chi connectivity index (χ1n) is 15.7. The van der Waals surface area contributed by atoms with Crippen LogP contribution in [0.15, 0.2) is 130 Å². The van der Waals surface area contributed by atoms with Crippen LogP contribution in [0.3, 0.4) is 0 Å². The predicted molar refractivity (Wildman–Crippen MR) is 245 cm³/mol. The van der Waals surface area contributed by atoms with Crippen molar-refractivity contribution in [3.8, 4) is 0 Å². The van der Waals surface area contributed by atoms with Crippen molar-refractivity contribution in [3.05, 3.63) is 138 Å². The van der Waals surface area contributed by atoms with Gasteiger partial charge in [-0.2, -0.15) is 8.42 Å². The van der Waals surface area contributed by atoms with Crippen molar-refractivity contribution >= 4 is 128 Å². The van der Waals surface area contributed by atoms with Crippen LogP contribution in [0.2, 0.25) is 0 Å². The second-order valence-electron chi connectivity index (χ2n) is 10.3. The number of esters is 2. The number of aldehydes is 2. The molecular weight excluding hydrogens is 1130 g/mol. The number of hydrogen-bond donors (Lipinski definition) is 2. The second-order valence-corrected chi connectivity index (χ2v) is 19.4. The van der Waals surface area contributed by atoms with Crippen molar-refractivity contribution in [2.45, 2.75) is 29.5 Å². The largest absolute Gasteiger partial charge is 1.00 e. The van der Waals surface area contributed by atoms with Gasteiger partial charge in [-0.05, 0) is 59.7 Å². The second kappa shape index (κ2) is 42.6. The van der Waals surface area contributed by atoms with E-state index in [1.807, 2.05) is 18.2 Å². The number of carbonyl (C=O) groups is 4. The van der Waals surface area contributed by atoms with Gasteiger partial charge in [-0.25, -0.2) is 39.1 Å². The summed E-state index contributed by atoms with van der Waals surface area (Å²) in [5.41, 5.74) is 1.88. The maximum absolute atomic E-state index is 11.0. The Morgan fingerprint density at radius 2 is 0.812 bits per heavy atom. The molecule has 0 saturated heterocycles. The first-order chi connectivity index (χ1) is 29.8. The first-order valence-corrected chi connectivity index (χ1v) is 26.0. The van der Waals surface area contributed by atoms with Crippen LogP contribution in [0.4, 0.5) is 0 Å². The predicted octanol–water partition coefficient (Wildman–Crippen LogP) is -0.854. The van der Waals surface area contributed by atoms with E-state index in [9.17, 15) is 53.5 Å². The van der Waals surface area contributed by atoms with Crippen LogP contribution in [0.25, 0.3) is 12.2 Å². The molecule has 4 aromatic carbocycles. The summed E-state index contributed by atoms with van der Waals surface area (Å²) >= 11 is 0. The summed E-state index contributed by atoms with van der Waals surface area (Å²) in [6, 6.07) is 25.3. The third kappa shape index (κ3) is 51.1. The van der Waals surface area contributed by atoms with E-state index >= 15 is 0 Å². The summed E-state index contributed by atoms with van der Waals surface area (Å²) in [5, 5.41) is 0. The van der Waals surface area contributed by atoms with Gasteiger partial charge < -0.3 is 18.6 Å². The van der Waals surface area contributed by atoms with E-state index in [-0.39, 0.29) is 94.2 Å². The zero-order valence-electron chi connectivity index (χ0n) is 34.4. The third-order valence-electron chi connectivity index (χ3n) is 5.73. The van der Waals surface area contributed by atoms with Gasteiger partial charge in [-0.1, -0.05) is 81.6 Å². The Morgan fingerprint density at radius 1 is 0.551 bits per heavy atom. The van der Waals surface area contributed by atoms with Gasteiger partial charge in [0, 0.05) is 55.3 Å². The molecule has 0 bridgehead atoms.